The maximum Gasteiger partial charge on any atom is 0.257 e. The van der Waals surface area contributed by atoms with Crippen molar-refractivity contribution in [3.63, 3.8) is 0 Å². The van der Waals surface area contributed by atoms with Crippen molar-refractivity contribution in [3.05, 3.63) is 51.9 Å². The normalized spacial score (nSPS) is 10.9. The number of nitrogens with zero attached hydrogens (tertiary/aromatic N) is 2. The highest BCUT2D eigenvalue weighted by Crippen LogP contribution is 2.21. The monoisotopic (exact) mass is 303 g/mol. The first-order valence-corrected chi connectivity index (χ1v) is 7.47. The molecule has 0 saturated carbocycles. The summed E-state index contributed by atoms with van der Waals surface area (Å²) in [6, 6.07) is 8.94. The van der Waals surface area contributed by atoms with Crippen molar-refractivity contribution in [1.29, 1.82) is 0 Å². The minimum atomic E-state index is -0.175. The fourth-order valence-corrected chi connectivity index (χ4v) is 2.39. The summed E-state index contributed by atoms with van der Waals surface area (Å²) in [4.78, 5) is 23.4. The van der Waals surface area contributed by atoms with Crippen LogP contribution in [-0.4, -0.2) is 21.2 Å². The molecule has 0 aliphatic heterocycles. The first-order valence-electron chi connectivity index (χ1n) is 5.87. The van der Waals surface area contributed by atoms with Crippen molar-refractivity contribution in [1.82, 2.24) is 15.0 Å². The topological polar surface area (TPSA) is 58.6 Å². The Bertz CT molecular complexity index is 830. The molecule has 3 aromatic rings. The third kappa shape index (κ3) is 2.42. The lowest BCUT2D eigenvalue weighted by Crippen LogP contribution is -2.09. The number of fused-ring (bicyclic) bond motifs is 1. The Kier molecular flexibility index (Phi) is 3.46. The Morgan fingerprint density at radius 1 is 1.25 bits per heavy atom. The van der Waals surface area contributed by atoms with Crippen LogP contribution < -0.4 is 5.56 Å². The third-order valence-electron chi connectivity index (χ3n) is 2.91. The molecular formula is C14H10ClN3OS. The summed E-state index contributed by atoms with van der Waals surface area (Å²) < 4.78 is 0. The smallest absolute Gasteiger partial charge is 0.257 e. The average Bonchev–Trinajstić information content (AvgIpc) is 2.47. The predicted molar refractivity (Wildman–Crippen MR) is 82.4 cm³/mol. The minimum absolute atomic E-state index is 0.175. The van der Waals surface area contributed by atoms with E-state index >= 15 is 0 Å². The summed E-state index contributed by atoms with van der Waals surface area (Å²) in [6.07, 6.45) is 3.60. The molecule has 0 atom stereocenters. The summed E-state index contributed by atoms with van der Waals surface area (Å²) in [5, 5.41) is 2.07. The quantitative estimate of drug-likeness (QED) is 0.582. The van der Waals surface area contributed by atoms with E-state index in [4.69, 9.17) is 11.6 Å². The van der Waals surface area contributed by atoms with E-state index in [0.717, 1.165) is 10.9 Å². The second-order valence-corrected chi connectivity index (χ2v) is 5.39. The summed E-state index contributed by atoms with van der Waals surface area (Å²) in [5.41, 5.74) is 1.76. The molecule has 0 unspecified atom stereocenters. The van der Waals surface area contributed by atoms with Gasteiger partial charge in [-0.25, -0.2) is 9.97 Å². The number of nitrogens with one attached hydrogen (secondary N) is 1. The molecule has 0 aliphatic carbocycles. The lowest BCUT2D eigenvalue weighted by atomic mass is 10.1. The Hall–Kier alpha value is -1.85. The number of aromatic amines is 1. The molecule has 0 aliphatic rings. The minimum Gasteiger partial charge on any atom is -0.306 e. The second kappa shape index (κ2) is 5.26. The zero-order chi connectivity index (χ0) is 14.1. The molecule has 3 rings (SSSR count). The fraction of sp³-hybridized carbons (Fsp3) is 0.0714. The number of H-pyrrole nitrogens is 1. The van der Waals surface area contributed by atoms with E-state index in [1.165, 1.54) is 11.8 Å². The van der Waals surface area contributed by atoms with E-state index in [-0.39, 0.29) is 5.56 Å². The molecule has 0 bridgehead atoms. The molecule has 0 saturated heterocycles. The zero-order valence-electron chi connectivity index (χ0n) is 10.6. The van der Waals surface area contributed by atoms with Gasteiger partial charge in [0, 0.05) is 22.2 Å². The molecule has 1 N–H and O–H groups in total. The highest BCUT2D eigenvalue weighted by Gasteiger charge is 2.07. The fourth-order valence-electron chi connectivity index (χ4n) is 1.92. The predicted octanol–water partition coefficient (Wildman–Crippen LogP) is 3.36. The summed E-state index contributed by atoms with van der Waals surface area (Å²) >= 11 is 7.29. The number of halogens is 1. The van der Waals surface area contributed by atoms with Crippen LogP contribution in [0, 0.1) is 0 Å². The first-order chi connectivity index (χ1) is 9.67. The summed E-state index contributed by atoms with van der Waals surface area (Å²) in [6.45, 7) is 0. The number of hydrogen-bond acceptors (Lipinski definition) is 4. The van der Waals surface area contributed by atoms with Gasteiger partial charge in [0.2, 0.25) is 0 Å². The first kappa shape index (κ1) is 13.1. The molecule has 0 fully saturated rings. The largest absolute Gasteiger partial charge is 0.306 e. The van der Waals surface area contributed by atoms with Gasteiger partial charge in [-0.2, -0.15) is 0 Å². The molecule has 2 heterocycles. The van der Waals surface area contributed by atoms with Gasteiger partial charge >= 0.3 is 0 Å². The highest BCUT2D eigenvalue weighted by atomic mass is 35.5. The number of pyridine rings is 1. The summed E-state index contributed by atoms with van der Waals surface area (Å²) in [5.74, 6) is 0. The van der Waals surface area contributed by atoms with Gasteiger partial charge in [0.05, 0.1) is 0 Å². The Morgan fingerprint density at radius 3 is 2.70 bits per heavy atom. The van der Waals surface area contributed by atoms with E-state index in [2.05, 4.69) is 15.0 Å². The van der Waals surface area contributed by atoms with Crippen molar-refractivity contribution in [2.24, 2.45) is 0 Å². The van der Waals surface area contributed by atoms with Gasteiger partial charge in [-0.05, 0) is 30.0 Å². The van der Waals surface area contributed by atoms with Crippen molar-refractivity contribution >= 4 is 34.4 Å². The molecule has 0 amide bonds. The second-order valence-electron chi connectivity index (χ2n) is 4.18. The van der Waals surface area contributed by atoms with Crippen molar-refractivity contribution in [2.75, 3.05) is 6.26 Å². The highest BCUT2D eigenvalue weighted by molar-refractivity contribution is 7.98. The molecule has 2 aromatic heterocycles. The van der Waals surface area contributed by atoms with E-state index in [9.17, 15) is 4.79 Å². The van der Waals surface area contributed by atoms with Gasteiger partial charge in [-0.3, -0.25) is 4.79 Å². The maximum absolute atomic E-state index is 12.2. The summed E-state index contributed by atoms with van der Waals surface area (Å²) in [7, 11) is 0. The molecule has 0 radical (unpaired) electrons. The molecule has 4 nitrogen and oxygen atoms in total. The van der Waals surface area contributed by atoms with Gasteiger partial charge in [-0.15, -0.1) is 0 Å². The van der Waals surface area contributed by atoms with Crippen molar-refractivity contribution in [3.8, 4) is 11.1 Å². The van der Waals surface area contributed by atoms with Gasteiger partial charge in [0.1, 0.15) is 5.65 Å². The number of hydrogen-bond donors (Lipinski definition) is 1. The standard InChI is InChI=1S/C14H10ClN3OS/c1-20-14-16-7-9-6-11(13(19)17-12(9)18-14)8-2-4-10(15)5-3-8/h2-7H,1H3,(H,16,17,18,19). The maximum atomic E-state index is 12.2. The molecule has 100 valence electrons. The van der Waals surface area contributed by atoms with Crippen LogP contribution in [0.2, 0.25) is 5.02 Å². The van der Waals surface area contributed by atoms with Crippen LogP contribution in [0.5, 0.6) is 0 Å². The molecule has 0 spiro atoms. The number of thioether (sulfide) groups is 1. The third-order valence-corrected chi connectivity index (χ3v) is 3.72. The van der Waals surface area contributed by atoms with Crippen LogP contribution in [0.3, 0.4) is 0 Å². The van der Waals surface area contributed by atoms with Crippen LogP contribution in [0.25, 0.3) is 22.2 Å². The van der Waals surface area contributed by atoms with Gasteiger partial charge in [0.25, 0.3) is 5.56 Å². The number of aromatic nitrogens is 3. The van der Waals surface area contributed by atoms with E-state index in [0.29, 0.717) is 21.4 Å². The van der Waals surface area contributed by atoms with E-state index < -0.39 is 0 Å². The zero-order valence-corrected chi connectivity index (χ0v) is 12.1. The van der Waals surface area contributed by atoms with Crippen LogP contribution >= 0.6 is 23.4 Å². The van der Waals surface area contributed by atoms with Crippen LogP contribution in [0.4, 0.5) is 0 Å². The van der Waals surface area contributed by atoms with Crippen LogP contribution in [0.1, 0.15) is 0 Å². The van der Waals surface area contributed by atoms with E-state index in [1.54, 1.807) is 24.4 Å². The number of rotatable bonds is 2. The molecule has 20 heavy (non-hydrogen) atoms. The molecule has 1 aromatic carbocycles. The van der Waals surface area contributed by atoms with Crippen LogP contribution in [0.15, 0.2) is 46.5 Å². The lowest BCUT2D eigenvalue weighted by molar-refractivity contribution is 0.988. The lowest BCUT2D eigenvalue weighted by Gasteiger charge is -2.04. The molecule has 6 heteroatoms. The molecular weight excluding hydrogens is 294 g/mol. The van der Waals surface area contributed by atoms with E-state index in [1.807, 2.05) is 18.4 Å². The SMILES string of the molecule is CSc1ncc2cc(-c3ccc(Cl)cc3)c(=O)[nH]c2n1. The Morgan fingerprint density at radius 2 is 2.00 bits per heavy atom. The van der Waals surface area contributed by atoms with Crippen LogP contribution in [-0.2, 0) is 0 Å². The van der Waals surface area contributed by atoms with Crippen molar-refractivity contribution < 1.29 is 0 Å². The van der Waals surface area contributed by atoms with Gasteiger partial charge in [-0.1, -0.05) is 35.5 Å². The Balaban J connectivity index is 2.20. The number of benzene rings is 1. The van der Waals surface area contributed by atoms with Crippen molar-refractivity contribution in [2.45, 2.75) is 5.16 Å². The average molecular weight is 304 g/mol. The van der Waals surface area contributed by atoms with Gasteiger partial charge < -0.3 is 4.98 Å². The van der Waals surface area contributed by atoms with Gasteiger partial charge in [0.15, 0.2) is 5.16 Å². The Labute approximate surface area is 124 Å².